The van der Waals surface area contributed by atoms with E-state index in [0.29, 0.717) is 12.2 Å². The molecule has 0 aliphatic heterocycles. The van der Waals surface area contributed by atoms with Crippen LogP contribution >= 0.6 is 27.3 Å². The molecule has 1 amide bonds. The summed E-state index contributed by atoms with van der Waals surface area (Å²) in [6.45, 7) is 0.559. The highest BCUT2D eigenvalue weighted by atomic mass is 79.9. The van der Waals surface area contributed by atoms with Crippen LogP contribution in [-0.2, 0) is 6.54 Å². The fourth-order valence-corrected chi connectivity index (χ4v) is 3.50. The van der Waals surface area contributed by atoms with Gasteiger partial charge in [0.25, 0.3) is 5.91 Å². The summed E-state index contributed by atoms with van der Waals surface area (Å²) in [5, 5.41) is 2.00. The zero-order chi connectivity index (χ0) is 14.8. The molecule has 0 bridgehead atoms. The zero-order valence-electron chi connectivity index (χ0n) is 11.3. The first-order chi connectivity index (χ1) is 10.1. The molecular weight excluding hydrogens is 350 g/mol. The number of hydrogen-bond acceptors (Lipinski definition) is 4. The number of hydrogen-bond donors (Lipinski definition) is 0. The third-order valence-electron chi connectivity index (χ3n) is 3.03. The molecule has 2 heterocycles. The Hall–Kier alpha value is -1.79. The van der Waals surface area contributed by atoms with Crippen molar-refractivity contribution in [1.82, 2.24) is 14.9 Å². The molecule has 21 heavy (non-hydrogen) atoms. The number of halogens is 1. The van der Waals surface area contributed by atoms with Crippen LogP contribution in [0.1, 0.15) is 15.4 Å². The van der Waals surface area contributed by atoms with Gasteiger partial charge in [0.05, 0.1) is 23.8 Å². The molecule has 0 spiro atoms. The third-order valence-corrected chi connectivity index (χ3v) is 4.71. The summed E-state index contributed by atoms with van der Waals surface area (Å²) in [5.41, 5.74) is 1.89. The van der Waals surface area contributed by atoms with Crippen LogP contribution < -0.4 is 0 Å². The quantitative estimate of drug-likeness (QED) is 0.713. The monoisotopic (exact) mass is 361 g/mol. The van der Waals surface area contributed by atoms with Crippen LogP contribution in [0.5, 0.6) is 0 Å². The fraction of sp³-hybridized carbons (Fsp3) is 0.133. The summed E-state index contributed by atoms with van der Waals surface area (Å²) in [6.07, 6.45) is 1.53. The molecule has 0 fully saturated rings. The van der Waals surface area contributed by atoms with Crippen molar-refractivity contribution in [3.63, 3.8) is 0 Å². The molecule has 1 aromatic carbocycles. The standard InChI is InChI=1S/C15H12BrN3OS/c1-19(8-11-6-10(16)9-21-11)15(20)14-7-17-12-4-2-3-5-13(12)18-14/h2-7,9H,8H2,1H3. The van der Waals surface area contributed by atoms with Crippen molar-refractivity contribution >= 4 is 44.2 Å². The lowest BCUT2D eigenvalue weighted by molar-refractivity contribution is 0.0780. The summed E-state index contributed by atoms with van der Waals surface area (Å²) < 4.78 is 1.04. The molecule has 3 rings (SSSR count). The van der Waals surface area contributed by atoms with Crippen LogP contribution in [0, 0.1) is 0 Å². The number of benzene rings is 1. The molecule has 4 nitrogen and oxygen atoms in total. The van der Waals surface area contributed by atoms with E-state index in [-0.39, 0.29) is 5.91 Å². The summed E-state index contributed by atoms with van der Waals surface area (Å²) in [6, 6.07) is 9.54. The second kappa shape index (κ2) is 5.91. The second-order valence-electron chi connectivity index (χ2n) is 4.64. The lowest BCUT2D eigenvalue weighted by Gasteiger charge is -2.15. The number of fused-ring (bicyclic) bond motifs is 1. The number of amides is 1. The van der Waals surface area contributed by atoms with E-state index in [0.717, 1.165) is 20.4 Å². The molecule has 0 aliphatic rings. The number of thiophene rings is 1. The van der Waals surface area contributed by atoms with Gasteiger partial charge in [0, 0.05) is 21.8 Å². The summed E-state index contributed by atoms with van der Waals surface area (Å²) in [7, 11) is 1.77. The smallest absolute Gasteiger partial charge is 0.274 e. The van der Waals surface area contributed by atoms with Crippen molar-refractivity contribution in [2.24, 2.45) is 0 Å². The SMILES string of the molecule is CN(Cc1cc(Br)cs1)C(=O)c1cnc2ccccc2n1. The van der Waals surface area contributed by atoms with Gasteiger partial charge in [-0.05, 0) is 34.1 Å². The molecular formula is C15H12BrN3OS. The Balaban J connectivity index is 1.82. The highest BCUT2D eigenvalue weighted by Gasteiger charge is 2.15. The molecule has 0 atom stereocenters. The zero-order valence-corrected chi connectivity index (χ0v) is 13.7. The molecule has 106 valence electrons. The van der Waals surface area contributed by atoms with Crippen LogP contribution in [0.4, 0.5) is 0 Å². The van der Waals surface area contributed by atoms with Crippen molar-refractivity contribution in [3.8, 4) is 0 Å². The summed E-state index contributed by atoms with van der Waals surface area (Å²) in [5.74, 6) is -0.127. The van der Waals surface area contributed by atoms with Gasteiger partial charge in [0.15, 0.2) is 0 Å². The lowest BCUT2D eigenvalue weighted by atomic mass is 10.3. The molecule has 6 heteroatoms. The van der Waals surface area contributed by atoms with Gasteiger partial charge in [-0.3, -0.25) is 9.78 Å². The minimum Gasteiger partial charge on any atom is -0.335 e. The van der Waals surface area contributed by atoms with Gasteiger partial charge < -0.3 is 4.90 Å². The predicted molar refractivity (Wildman–Crippen MR) is 87.4 cm³/mol. The number of carbonyl (C=O) groups is 1. The first-order valence-corrected chi connectivity index (χ1v) is 8.01. The third kappa shape index (κ3) is 3.11. The van der Waals surface area contributed by atoms with Gasteiger partial charge in [0.1, 0.15) is 5.69 Å². The average molecular weight is 362 g/mol. The largest absolute Gasteiger partial charge is 0.335 e. The Morgan fingerprint density at radius 2 is 2.10 bits per heavy atom. The predicted octanol–water partition coefficient (Wildman–Crippen LogP) is 3.73. The molecule has 0 N–H and O–H groups in total. The fourth-order valence-electron chi connectivity index (χ4n) is 2.00. The minimum absolute atomic E-state index is 0.127. The van der Waals surface area contributed by atoms with E-state index in [4.69, 9.17) is 0 Å². The summed E-state index contributed by atoms with van der Waals surface area (Å²) in [4.78, 5) is 23.8. The van der Waals surface area contributed by atoms with Crippen LogP contribution in [0.15, 0.2) is 46.4 Å². The Kier molecular flexibility index (Phi) is 3.98. The number of para-hydroxylation sites is 2. The molecule has 0 unspecified atom stereocenters. The van der Waals surface area contributed by atoms with E-state index >= 15 is 0 Å². The number of carbonyl (C=O) groups excluding carboxylic acids is 1. The first kappa shape index (κ1) is 14.2. The summed E-state index contributed by atoms with van der Waals surface area (Å²) >= 11 is 5.03. The van der Waals surface area contributed by atoms with Crippen molar-refractivity contribution in [2.45, 2.75) is 6.54 Å². The van der Waals surface area contributed by atoms with E-state index < -0.39 is 0 Å². The average Bonchev–Trinajstić information content (AvgIpc) is 2.91. The normalized spacial score (nSPS) is 10.8. The van der Waals surface area contributed by atoms with Gasteiger partial charge in [-0.1, -0.05) is 12.1 Å². The second-order valence-corrected chi connectivity index (χ2v) is 6.55. The number of nitrogens with zero attached hydrogens (tertiary/aromatic N) is 3. The van der Waals surface area contributed by atoms with Crippen molar-refractivity contribution in [1.29, 1.82) is 0 Å². The van der Waals surface area contributed by atoms with Crippen LogP contribution in [0.2, 0.25) is 0 Å². The highest BCUT2D eigenvalue weighted by molar-refractivity contribution is 9.10. The van der Waals surface area contributed by atoms with E-state index in [9.17, 15) is 4.79 Å². The Morgan fingerprint density at radius 1 is 1.33 bits per heavy atom. The molecule has 0 aliphatic carbocycles. The highest BCUT2D eigenvalue weighted by Crippen LogP contribution is 2.21. The molecule has 0 radical (unpaired) electrons. The van der Waals surface area contributed by atoms with Gasteiger partial charge in [-0.15, -0.1) is 11.3 Å². The van der Waals surface area contributed by atoms with E-state index in [1.54, 1.807) is 23.3 Å². The molecule has 2 aromatic heterocycles. The number of aromatic nitrogens is 2. The van der Waals surface area contributed by atoms with Crippen LogP contribution in [-0.4, -0.2) is 27.8 Å². The van der Waals surface area contributed by atoms with Crippen molar-refractivity contribution in [2.75, 3.05) is 7.05 Å². The molecule has 0 saturated heterocycles. The van der Waals surface area contributed by atoms with Crippen molar-refractivity contribution in [3.05, 3.63) is 57.0 Å². The topological polar surface area (TPSA) is 46.1 Å². The van der Waals surface area contributed by atoms with E-state index in [2.05, 4.69) is 25.9 Å². The number of rotatable bonds is 3. The van der Waals surface area contributed by atoms with Gasteiger partial charge in [0.2, 0.25) is 0 Å². The molecule has 3 aromatic rings. The van der Waals surface area contributed by atoms with E-state index in [1.165, 1.54) is 6.20 Å². The first-order valence-electron chi connectivity index (χ1n) is 6.33. The Bertz CT molecular complexity index is 802. The van der Waals surface area contributed by atoms with Crippen LogP contribution in [0.3, 0.4) is 0 Å². The minimum atomic E-state index is -0.127. The lowest BCUT2D eigenvalue weighted by Crippen LogP contribution is -2.26. The maximum Gasteiger partial charge on any atom is 0.274 e. The molecule has 0 saturated carbocycles. The Labute approximate surface area is 134 Å². The van der Waals surface area contributed by atoms with Gasteiger partial charge in [-0.25, -0.2) is 4.98 Å². The van der Waals surface area contributed by atoms with Gasteiger partial charge >= 0.3 is 0 Å². The maximum absolute atomic E-state index is 12.4. The van der Waals surface area contributed by atoms with Crippen molar-refractivity contribution < 1.29 is 4.79 Å². The maximum atomic E-state index is 12.4. The van der Waals surface area contributed by atoms with E-state index in [1.807, 2.05) is 35.7 Å². The van der Waals surface area contributed by atoms with Crippen LogP contribution in [0.25, 0.3) is 11.0 Å². The van der Waals surface area contributed by atoms with Gasteiger partial charge in [-0.2, -0.15) is 0 Å². The Morgan fingerprint density at radius 3 is 2.81 bits per heavy atom.